The van der Waals surface area contributed by atoms with E-state index in [4.69, 9.17) is 4.74 Å². The molecular weight excluding hydrogens is 293 g/mol. The standard InChI is InChI=1S/C19H20FNO2/c1-14-5-4-6-15(11-14)12-21(16-9-10-16)19(22)13-23-18-8-3-2-7-17(18)20/h2-8,11,16H,9-10,12-13H2,1H3. The third-order valence-corrected chi connectivity index (χ3v) is 3.93. The molecule has 0 saturated heterocycles. The zero-order chi connectivity index (χ0) is 16.2. The fraction of sp³-hybridized carbons (Fsp3) is 0.316. The molecule has 0 N–H and O–H groups in total. The second-order valence-corrected chi connectivity index (χ2v) is 5.96. The second kappa shape index (κ2) is 6.82. The summed E-state index contributed by atoms with van der Waals surface area (Å²) < 4.78 is 18.9. The van der Waals surface area contributed by atoms with Crippen molar-refractivity contribution in [3.8, 4) is 5.75 Å². The first-order valence-electron chi connectivity index (χ1n) is 7.86. The number of aryl methyl sites for hydroxylation is 1. The minimum absolute atomic E-state index is 0.0998. The molecule has 120 valence electrons. The monoisotopic (exact) mass is 313 g/mol. The number of amides is 1. The highest BCUT2D eigenvalue weighted by atomic mass is 19.1. The molecule has 0 bridgehead atoms. The maximum Gasteiger partial charge on any atom is 0.261 e. The Balaban J connectivity index is 1.64. The van der Waals surface area contributed by atoms with Gasteiger partial charge in [0.15, 0.2) is 18.2 Å². The Morgan fingerprint density at radius 1 is 1.22 bits per heavy atom. The molecule has 0 unspecified atom stereocenters. The van der Waals surface area contributed by atoms with Gasteiger partial charge in [-0.1, -0.05) is 42.0 Å². The molecule has 3 rings (SSSR count). The summed E-state index contributed by atoms with van der Waals surface area (Å²) in [6, 6.07) is 14.6. The minimum atomic E-state index is -0.447. The fourth-order valence-corrected chi connectivity index (χ4v) is 2.60. The van der Waals surface area contributed by atoms with Crippen LogP contribution >= 0.6 is 0 Å². The molecule has 1 amide bonds. The van der Waals surface area contributed by atoms with E-state index in [2.05, 4.69) is 6.07 Å². The van der Waals surface area contributed by atoms with E-state index in [-0.39, 0.29) is 24.3 Å². The zero-order valence-corrected chi connectivity index (χ0v) is 13.2. The van der Waals surface area contributed by atoms with Crippen molar-refractivity contribution in [1.29, 1.82) is 0 Å². The van der Waals surface area contributed by atoms with E-state index in [1.807, 2.05) is 30.0 Å². The van der Waals surface area contributed by atoms with Crippen LogP contribution in [-0.4, -0.2) is 23.5 Å². The lowest BCUT2D eigenvalue weighted by Crippen LogP contribution is -2.36. The first-order valence-corrected chi connectivity index (χ1v) is 7.86. The first kappa shape index (κ1) is 15.5. The highest BCUT2D eigenvalue weighted by Crippen LogP contribution is 2.29. The summed E-state index contributed by atoms with van der Waals surface area (Å²) in [6.07, 6.45) is 2.05. The number of hydrogen-bond donors (Lipinski definition) is 0. The third kappa shape index (κ3) is 4.09. The van der Waals surface area contributed by atoms with Crippen molar-refractivity contribution in [1.82, 2.24) is 4.90 Å². The van der Waals surface area contributed by atoms with Gasteiger partial charge in [0, 0.05) is 12.6 Å². The van der Waals surface area contributed by atoms with Gasteiger partial charge < -0.3 is 9.64 Å². The number of para-hydroxylation sites is 1. The van der Waals surface area contributed by atoms with Gasteiger partial charge in [0.2, 0.25) is 0 Å². The predicted octanol–water partition coefficient (Wildman–Crippen LogP) is 3.70. The van der Waals surface area contributed by atoms with Crippen molar-refractivity contribution >= 4 is 5.91 Å². The SMILES string of the molecule is Cc1cccc(CN(C(=O)COc2ccccc2F)C2CC2)c1. The van der Waals surface area contributed by atoms with Crippen molar-refractivity contribution in [2.45, 2.75) is 32.4 Å². The number of rotatable bonds is 6. The lowest BCUT2D eigenvalue weighted by molar-refractivity contribution is -0.134. The summed E-state index contributed by atoms with van der Waals surface area (Å²) in [5, 5.41) is 0. The molecule has 0 aromatic heterocycles. The molecule has 2 aromatic carbocycles. The quantitative estimate of drug-likeness (QED) is 0.814. The largest absolute Gasteiger partial charge is 0.481 e. The molecule has 0 spiro atoms. The molecule has 1 aliphatic rings. The number of carbonyl (C=O) groups excluding carboxylic acids is 1. The number of benzene rings is 2. The van der Waals surface area contributed by atoms with Crippen LogP contribution < -0.4 is 4.74 Å². The Morgan fingerprint density at radius 2 is 2.00 bits per heavy atom. The van der Waals surface area contributed by atoms with Crippen LogP contribution in [0.15, 0.2) is 48.5 Å². The topological polar surface area (TPSA) is 29.5 Å². The first-order chi connectivity index (χ1) is 11.1. The Bertz CT molecular complexity index is 697. The molecule has 2 aromatic rings. The van der Waals surface area contributed by atoms with Crippen LogP contribution in [-0.2, 0) is 11.3 Å². The van der Waals surface area contributed by atoms with Gasteiger partial charge in [0.1, 0.15) is 0 Å². The van der Waals surface area contributed by atoms with Crippen molar-refractivity contribution in [2.24, 2.45) is 0 Å². The molecule has 4 heteroatoms. The van der Waals surface area contributed by atoms with Gasteiger partial charge in [-0.3, -0.25) is 4.79 Å². The van der Waals surface area contributed by atoms with E-state index in [1.54, 1.807) is 12.1 Å². The molecular formula is C19H20FNO2. The van der Waals surface area contributed by atoms with Crippen LogP contribution in [0, 0.1) is 12.7 Å². The normalized spacial score (nSPS) is 13.7. The number of nitrogens with zero attached hydrogens (tertiary/aromatic N) is 1. The number of ether oxygens (including phenoxy) is 1. The lowest BCUT2D eigenvalue weighted by atomic mass is 10.1. The number of carbonyl (C=O) groups is 1. The molecule has 1 fully saturated rings. The minimum Gasteiger partial charge on any atom is -0.481 e. The van der Waals surface area contributed by atoms with E-state index in [1.165, 1.54) is 17.7 Å². The summed E-state index contributed by atoms with van der Waals surface area (Å²) in [5.74, 6) is -0.429. The smallest absolute Gasteiger partial charge is 0.261 e. The van der Waals surface area contributed by atoms with Gasteiger partial charge in [-0.25, -0.2) is 4.39 Å². The molecule has 1 aliphatic carbocycles. The Hall–Kier alpha value is -2.36. The average Bonchev–Trinajstić information content (AvgIpc) is 3.36. The Kier molecular flexibility index (Phi) is 4.60. The van der Waals surface area contributed by atoms with Gasteiger partial charge in [-0.15, -0.1) is 0 Å². The summed E-state index contributed by atoms with van der Waals surface area (Å²) in [5.41, 5.74) is 2.28. The molecule has 1 saturated carbocycles. The molecule has 23 heavy (non-hydrogen) atoms. The van der Waals surface area contributed by atoms with Crippen LogP contribution in [0.2, 0.25) is 0 Å². The Labute approximate surface area is 135 Å². The van der Waals surface area contributed by atoms with Crippen molar-refractivity contribution < 1.29 is 13.9 Å². The third-order valence-electron chi connectivity index (χ3n) is 3.93. The highest BCUT2D eigenvalue weighted by molar-refractivity contribution is 5.78. The molecule has 0 atom stereocenters. The highest BCUT2D eigenvalue weighted by Gasteiger charge is 2.32. The zero-order valence-electron chi connectivity index (χ0n) is 13.2. The lowest BCUT2D eigenvalue weighted by Gasteiger charge is -2.23. The van der Waals surface area contributed by atoms with E-state index in [0.29, 0.717) is 6.54 Å². The van der Waals surface area contributed by atoms with Crippen LogP contribution in [0.5, 0.6) is 5.75 Å². The van der Waals surface area contributed by atoms with Crippen molar-refractivity contribution in [3.63, 3.8) is 0 Å². The molecule has 0 heterocycles. The van der Waals surface area contributed by atoms with E-state index in [9.17, 15) is 9.18 Å². The van der Waals surface area contributed by atoms with Gasteiger partial charge in [0.25, 0.3) is 5.91 Å². The maximum absolute atomic E-state index is 13.6. The van der Waals surface area contributed by atoms with E-state index in [0.717, 1.165) is 18.4 Å². The van der Waals surface area contributed by atoms with Crippen LogP contribution in [0.25, 0.3) is 0 Å². The van der Waals surface area contributed by atoms with E-state index >= 15 is 0 Å². The molecule has 3 nitrogen and oxygen atoms in total. The summed E-state index contributed by atoms with van der Waals surface area (Å²) in [7, 11) is 0. The molecule has 0 aliphatic heterocycles. The summed E-state index contributed by atoms with van der Waals surface area (Å²) in [4.78, 5) is 14.3. The maximum atomic E-state index is 13.6. The van der Waals surface area contributed by atoms with Gasteiger partial charge in [-0.05, 0) is 37.5 Å². The van der Waals surface area contributed by atoms with Crippen LogP contribution in [0.1, 0.15) is 24.0 Å². The summed E-state index contributed by atoms with van der Waals surface area (Å²) >= 11 is 0. The average molecular weight is 313 g/mol. The van der Waals surface area contributed by atoms with Crippen molar-refractivity contribution in [3.05, 3.63) is 65.5 Å². The number of hydrogen-bond acceptors (Lipinski definition) is 2. The van der Waals surface area contributed by atoms with Gasteiger partial charge in [-0.2, -0.15) is 0 Å². The van der Waals surface area contributed by atoms with Crippen LogP contribution in [0.4, 0.5) is 4.39 Å². The fourth-order valence-electron chi connectivity index (χ4n) is 2.60. The molecule has 0 radical (unpaired) electrons. The summed E-state index contributed by atoms with van der Waals surface area (Å²) in [6.45, 7) is 2.48. The van der Waals surface area contributed by atoms with Gasteiger partial charge >= 0.3 is 0 Å². The number of halogens is 1. The van der Waals surface area contributed by atoms with Crippen molar-refractivity contribution in [2.75, 3.05) is 6.61 Å². The van der Waals surface area contributed by atoms with Gasteiger partial charge in [0.05, 0.1) is 0 Å². The Morgan fingerprint density at radius 3 is 2.70 bits per heavy atom. The second-order valence-electron chi connectivity index (χ2n) is 5.96. The predicted molar refractivity (Wildman–Crippen MR) is 86.6 cm³/mol. The van der Waals surface area contributed by atoms with E-state index < -0.39 is 5.82 Å². The van der Waals surface area contributed by atoms with Crippen LogP contribution in [0.3, 0.4) is 0 Å².